The van der Waals surface area contributed by atoms with E-state index in [1.807, 2.05) is 0 Å². The fourth-order valence-electron chi connectivity index (χ4n) is 1.09. The number of nitrogens with zero attached hydrogens (tertiary/aromatic N) is 1. The van der Waals surface area contributed by atoms with Gasteiger partial charge >= 0.3 is 6.18 Å². The molecule has 0 N–H and O–H groups in total. The molecule has 0 heterocycles. The average molecular weight is 262 g/mol. The number of hydrogen-bond donors (Lipinski definition) is 0. The number of amides is 1. The van der Waals surface area contributed by atoms with Crippen LogP contribution in [0.2, 0.25) is 0 Å². The van der Waals surface area contributed by atoms with E-state index in [9.17, 15) is 18.0 Å². The van der Waals surface area contributed by atoms with E-state index in [2.05, 4.69) is 0 Å². The van der Waals surface area contributed by atoms with Crippen molar-refractivity contribution in [1.29, 1.82) is 0 Å². The van der Waals surface area contributed by atoms with Crippen molar-refractivity contribution in [2.24, 2.45) is 0 Å². The zero-order chi connectivity index (χ0) is 12.6. The number of hydrogen-bond acceptors (Lipinski definition) is 2. The molecule has 3 nitrogen and oxygen atoms in total. The fourth-order valence-corrected chi connectivity index (χ4v) is 1.26. The van der Waals surface area contributed by atoms with Gasteiger partial charge < -0.3 is 9.64 Å². The van der Waals surface area contributed by atoms with E-state index in [4.69, 9.17) is 16.3 Å². The summed E-state index contributed by atoms with van der Waals surface area (Å²) >= 11 is 5.23. The highest BCUT2D eigenvalue weighted by Crippen LogP contribution is 2.16. The molecule has 0 bridgehead atoms. The molecular weight excluding hydrogens is 247 g/mol. The van der Waals surface area contributed by atoms with E-state index >= 15 is 0 Å². The number of carbonyl (C=O) groups is 1. The van der Waals surface area contributed by atoms with Gasteiger partial charge in [0.1, 0.15) is 12.4 Å². The summed E-state index contributed by atoms with van der Waals surface area (Å²) in [5.41, 5.74) is 0. The van der Waals surface area contributed by atoms with Crippen LogP contribution >= 0.6 is 11.6 Å². The molecule has 0 aliphatic rings. The Morgan fingerprint density at radius 3 is 2.50 bits per heavy atom. The molecule has 0 spiro atoms. The first kappa shape index (κ1) is 15.5. The Bertz CT molecular complexity index is 211. The predicted molar refractivity (Wildman–Crippen MR) is 54.5 cm³/mol. The Morgan fingerprint density at radius 2 is 2.06 bits per heavy atom. The molecule has 0 aliphatic carbocycles. The lowest BCUT2D eigenvalue weighted by atomic mass is 10.3. The lowest BCUT2D eigenvalue weighted by Gasteiger charge is -2.23. The summed E-state index contributed by atoms with van der Waals surface area (Å²) in [4.78, 5) is 11.8. The van der Waals surface area contributed by atoms with Gasteiger partial charge in [-0.2, -0.15) is 13.2 Å². The van der Waals surface area contributed by atoms with Crippen LogP contribution in [-0.4, -0.2) is 49.2 Å². The minimum Gasteiger partial charge on any atom is -0.382 e. The van der Waals surface area contributed by atoms with Crippen LogP contribution in [0.1, 0.15) is 13.3 Å². The maximum Gasteiger partial charge on any atom is 0.406 e. The van der Waals surface area contributed by atoms with Crippen molar-refractivity contribution >= 4 is 17.5 Å². The zero-order valence-corrected chi connectivity index (χ0v) is 9.77. The third-order valence-corrected chi connectivity index (χ3v) is 1.99. The van der Waals surface area contributed by atoms with E-state index in [0.717, 1.165) is 0 Å². The summed E-state index contributed by atoms with van der Waals surface area (Å²) < 4.78 is 41.3. The van der Waals surface area contributed by atoms with Gasteiger partial charge in [-0.15, -0.1) is 11.6 Å². The van der Waals surface area contributed by atoms with Gasteiger partial charge in [-0.25, -0.2) is 0 Å². The summed E-state index contributed by atoms with van der Waals surface area (Å²) in [5, 5.41) is 0. The molecule has 0 unspecified atom stereocenters. The van der Waals surface area contributed by atoms with E-state index in [1.165, 1.54) is 0 Å². The quantitative estimate of drug-likeness (QED) is 0.518. The van der Waals surface area contributed by atoms with Gasteiger partial charge in [-0.3, -0.25) is 4.79 Å². The van der Waals surface area contributed by atoms with Crippen molar-refractivity contribution < 1.29 is 22.7 Å². The molecule has 16 heavy (non-hydrogen) atoms. The topological polar surface area (TPSA) is 29.5 Å². The SMILES string of the molecule is CCOCCCN(CC(F)(F)F)C(=O)CCl. The van der Waals surface area contributed by atoms with E-state index in [-0.39, 0.29) is 6.54 Å². The van der Waals surface area contributed by atoms with Crippen molar-refractivity contribution in [2.75, 3.05) is 32.2 Å². The second-order valence-corrected chi connectivity index (χ2v) is 3.38. The molecule has 0 aromatic heterocycles. The maximum atomic E-state index is 12.1. The Balaban J connectivity index is 4.06. The highest BCUT2D eigenvalue weighted by Gasteiger charge is 2.32. The summed E-state index contributed by atoms with van der Waals surface area (Å²) in [6.45, 7) is 1.37. The van der Waals surface area contributed by atoms with Crippen LogP contribution in [0.25, 0.3) is 0 Å². The van der Waals surface area contributed by atoms with Crippen molar-refractivity contribution in [2.45, 2.75) is 19.5 Å². The van der Waals surface area contributed by atoms with Crippen LogP contribution in [0.15, 0.2) is 0 Å². The summed E-state index contributed by atoms with van der Waals surface area (Å²) in [5.74, 6) is -1.15. The molecule has 0 saturated carbocycles. The smallest absolute Gasteiger partial charge is 0.382 e. The number of halogens is 4. The summed E-state index contributed by atoms with van der Waals surface area (Å²) in [6, 6.07) is 0. The average Bonchev–Trinajstić information content (AvgIpc) is 2.19. The standard InChI is InChI=1S/C9H15ClF3NO2/c1-2-16-5-3-4-14(8(15)6-10)7-9(11,12)13/h2-7H2,1H3. The molecule has 0 saturated heterocycles. The van der Waals surface area contributed by atoms with Crippen LogP contribution < -0.4 is 0 Å². The van der Waals surface area contributed by atoms with Gasteiger partial charge in [0.05, 0.1) is 0 Å². The van der Waals surface area contributed by atoms with Crippen LogP contribution in [0.4, 0.5) is 13.2 Å². The molecule has 0 radical (unpaired) electrons. The van der Waals surface area contributed by atoms with Gasteiger partial charge in [0.2, 0.25) is 5.91 Å². The highest BCUT2D eigenvalue weighted by atomic mass is 35.5. The Labute approximate surface area is 97.5 Å². The number of alkyl halides is 4. The van der Waals surface area contributed by atoms with E-state index < -0.39 is 24.5 Å². The normalized spacial score (nSPS) is 11.6. The third-order valence-electron chi connectivity index (χ3n) is 1.76. The molecule has 0 fully saturated rings. The predicted octanol–water partition coefficient (Wildman–Crippen LogP) is 2.04. The monoisotopic (exact) mass is 261 g/mol. The lowest BCUT2D eigenvalue weighted by Crippen LogP contribution is -2.40. The van der Waals surface area contributed by atoms with Gasteiger partial charge in [0, 0.05) is 19.8 Å². The molecule has 1 amide bonds. The van der Waals surface area contributed by atoms with Crippen LogP contribution in [0.3, 0.4) is 0 Å². The van der Waals surface area contributed by atoms with Crippen molar-refractivity contribution in [3.8, 4) is 0 Å². The first-order chi connectivity index (χ1) is 7.40. The second-order valence-electron chi connectivity index (χ2n) is 3.11. The van der Waals surface area contributed by atoms with Crippen molar-refractivity contribution in [3.63, 3.8) is 0 Å². The number of rotatable bonds is 7. The number of ether oxygens (including phenoxy) is 1. The Hall–Kier alpha value is -0.490. The first-order valence-corrected chi connectivity index (χ1v) is 5.42. The minimum absolute atomic E-state index is 0.00502. The molecule has 7 heteroatoms. The molecule has 0 atom stereocenters. The molecule has 0 aliphatic heterocycles. The van der Waals surface area contributed by atoms with Gasteiger partial charge in [-0.1, -0.05) is 0 Å². The van der Waals surface area contributed by atoms with Crippen molar-refractivity contribution in [1.82, 2.24) is 4.90 Å². The molecule has 0 aromatic rings. The highest BCUT2D eigenvalue weighted by molar-refractivity contribution is 6.27. The van der Waals surface area contributed by atoms with Gasteiger partial charge in [-0.05, 0) is 13.3 Å². The van der Waals surface area contributed by atoms with Crippen LogP contribution in [0, 0.1) is 0 Å². The third kappa shape index (κ3) is 7.76. The maximum absolute atomic E-state index is 12.1. The summed E-state index contributed by atoms with van der Waals surface area (Å²) in [6.07, 6.45) is -4.03. The fraction of sp³-hybridized carbons (Fsp3) is 0.889. The number of carbonyl (C=O) groups excluding carboxylic acids is 1. The second kappa shape index (κ2) is 7.73. The molecular formula is C9H15ClF3NO2. The Morgan fingerprint density at radius 1 is 1.44 bits per heavy atom. The van der Waals surface area contributed by atoms with Crippen molar-refractivity contribution in [3.05, 3.63) is 0 Å². The Kier molecular flexibility index (Phi) is 7.49. The largest absolute Gasteiger partial charge is 0.406 e. The molecule has 0 aromatic carbocycles. The molecule has 96 valence electrons. The zero-order valence-electron chi connectivity index (χ0n) is 9.02. The van der Waals surface area contributed by atoms with Gasteiger partial charge in [0.25, 0.3) is 0 Å². The lowest BCUT2D eigenvalue weighted by molar-refractivity contribution is -0.160. The van der Waals surface area contributed by atoms with Crippen LogP contribution in [0.5, 0.6) is 0 Å². The van der Waals surface area contributed by atoms with E-state index in [1.54, 1.807) is 6.92 Å². The minimum atomic E-state index is -4.40. The first-order valence-electron chi connectivity index (χ1n) is 4.89. The summed E-state index contributed by atoms with van der Waals surface area (Å²) in [7, 11) is 0. The van der Waals surface area contributed by atoms with E-state index in [0.29, 0.717) is 24.5 Å². The van der Waals surface area contributed by atoms with Crippen LogP contribution in [-0.2, 0) is 9.53 Å². The van der Waals surface area contributed by atoms with Gasteiger partial charge in [0.15, 0.2) is 0 Å². The molecule has 0 rings (SSSR count).